The highest BCUT2D eigenvalue weighted by Gasteiger charge is 2.09. The summed E-state index contributed by atoms with van der Waals surface area (Å²) >= 11 is 7.52. The number of rotatable bonds is 3. The summed E-state index contributed by atoms with van der Waals surface area (Å²) in [5.41, 5.74) is 8.40. The van der Waals surface area contributed by atoms with Crippen LogP contribution >= 0.6 is 22.9 Å². The molecule has 0 saturated carbocycles. The number of nitrogens with two attached hydrogens (primary N) is 1. The van der Waals surface area contributed by atoms with Crippen molar-refractivity contribution >= 4 is 33.8 Å². The Balaban J connectivity index is 1.86. The minimum atomic E-state index is -0.0145. The summed E-state index contributed by atoms with van der Waals surface area (Å²) in [7, 11) is 0. The van der Waals surface area contributed by atoms with Gasteiger partial charge in [0.2, 0.25) is 0 Å². The smallest absolute Gasteiger partial charge is 0.0931 e. The lowest BCUT2D eigenvalue weighted by atomic mass is 10.0. The maximum Gasteiger partial charge on any atom is 0.0931 e. The second-order valence-electron chi connectivity index (χ2n) is 4.47. The first-order valence-corrected chi connectivity index (χ1v) is 7.26. The quantitative estimate of drug-likeness (QED) is 0.785. The zero-order valence-electron chi connectivity index (χ0n) is 10.2. The zero-order chi connectivity index (χ0) is 13.2. The molecule has 2 heterocycles. The van der Waals surface area contributed by atoms with Gasteiger partial charge in [0.25, 0.3) is 0 Å². The van der Waals surface area contributed by atoms with Crippen LogP contribution in [0.15, 0.2) is 48.7 Å². The van der Waals surface area contributed by atoms with Crippen LogP contribution in [0.25, 0.3) is 10.9 Å². The largest absolute Gasteiger partial charge is 0.324 e. The van der Waals surface area contributed by atoms with E-state index in [-0.39, 0.29) is 6.04 Å². The van der Waals surface area contributed by atoms with E-state index in [0.717, 1.165) is 27.2 Å². The summed E-state index contributed by atoms with van der Waals surface area (Å²) < 4.78 is 0.810. The van der Waals surface area contributed by atoms with Gasteiger partial charge in [-0.15, -0.1) is 11.3 Å². The molecular weight excluding hydrogens is 276 g/mol. The van der Waals surface area contributed by atoms with Gasteiger partial charge in [0.15, 0.2) is 0 Å². The van der Waals surface area contributed by atoms with Crippen molar-refractivity contribution < 1.29 is 0 Å². The van der Waals surface area contributed by atoms with Crippen molar-refractivity contribution in [2.45, 2.75) is 12.5 Å². The second kappa shape index (κ2) is 5.29. The third kappa shape index (κ3) is 2.78. The molecule has 0 spiro atoms. The SMILES string of the molecule is NC(Cc1ccc(Cl)s1)c1ccc2ncccc2c1. The maximum absolute atomic E-state index is 6.27. The molecule has 0 aliphatic heterocycles. The number of pyridine rings is 1. The van der Waals surface area contributed by atoms with Crippen LogP contribution in [0.5, 0.6) is 0 Å². The molecule has 3 rings (SSSR count). The molecule has 0 fully saturated rings. The number of hydrogen-bond acceptors (Lipinski definition) is 3. The van der Waals surface area contributed by atoms with Gasteiger partial charge in [-0.1, -0.05) is 23.7 Å². The predicted octanol–water partition coefficient (Wildman–Crippen LogP) is 4.19. The van der Waals surface area contributed by atoms with Crippen LogP contribution in [0.2, 0.25) is 4.34 Å². The fourth-order valence-electron chi connectivity index (χ4n) is 2.12. The zero-order valence-corrected chi connectivity index (χ0v) is 11.8. The Labute approximate surface area is 120 Å². The Morgan fingerprint density at radius 2 is 2.11 bits per heavy atom. The fourth-order valence-corrected chi connectivity index (χ4v) is 3.27. The summed E-state index contributed by atoms with van der Waals surface area (Å²) in [5.74, 6) is 0. The molecular formula is C15H13ClN2S. The summed E-state index contributed by atoms with van der Waals surface area (Å²) in [4.78, 5) is 5.52. The molecule has 0 bridgehead atoms. The normalized spacial score (nSPS) is 12.7. The highest BCUT2D eigenvalue weighted by Crippen LogP contribution is 2.26. The van der Waals surface area contributed by atoms with Crippen molar-refractivity contribution in [1.82, 2.24) is 4.98 Å². The van der Waals surface area contributed by atoms with Gasteiger partial charge >= 0.3 is 0 Å². The topological polar surface area (TPSA) is 38.9 Å². The minimum Gasteiger partial charge on any atom is -0.324 e. The van der Waals surface area contributed by atoms with E-state index >= 15 is 0 Å². The van der Waals surface area contributed by atoms with Crippen molar-refractivity contribution in [2.75, 3.05) is 0 Å². The molecule has 1 unspecified atom stereocenters. The van der Waals surface area contributed by atoms with Gasteiger partial charge < -0.3 is 5.73 Å². The number of nitrogens with zero attached hydrogens (tertiary/aromatic N) is 1. The number of fused-ring (bicyclic) bond motifs is 1. The van der Waals surface area contributed by atoms with Crippen LogP contribution in [-0.2, 0) is 6.42 Å². The Morgan fingerprint density at radius 1 is 1.21 bits per heavy atom. The van der Waals surface area contributed by atoms with E-state index in [1.807, 2.05) is 24.3 Å². The Hall–Kier alpha value is -1.42. The Bertz CT molecular complexity index is 708. The van der Waals surface area contributed by atoms with Crippen molar-refractivity contribution in [2.24, 2.45) is 5.73 Å². The van der Waals surface area contributed by atoms with Gasteiger partial charge in [-0.2, -0.15) is 0 Å². The lowest BCUT2D eigenvalue weighted by Gasteiger charge is -2.11. The monoisotopic (exact) mass is 288 g/mol. The Morgan fingerprint density at radius 3 is 2.89 bits per heavy atom. The van der Waals surface area contributed by atoms with Crippen LogP contribution in [0.1, 0.15) is 16.5 Å². The molecule has 0 radical (unpaired) electrons. The molecule has 0 aliphatic rings. The first-order valence-electron chi connectivity index (χ1n) is 6.07. The summed E-state index contributed by atoms with van der Waals surface area (Å²) in [6.07, 6.45) is 2.61. The van der Waals surface area contributed by atoms with E-state index in [1.54, 1.807) is 17.5 Å². The molecule has 2 aromatic heterocycles. The van der Waals surface area contributed by atoms with Crippen molar-refractivity contribution in [3.63, 3.8) is 0 Å². The molecule has 1 aromatic carbocycles. The van der Waals surface area contributed by atoms with Crippen LogP contribution in [0.3, 0.4) is 0 Å². The molecule has 2 N–H and O–H groups in total. The van der Waals surface area contributed by atoms with E-state index in [9.17, 15) is 0 Å². The summed E-state index contributed by atoms with van der Waals surface area (Å²) in [5, 5.41) is 1.12. The number of hydrogen-bond donors (Lipinski definition) is 1. The van der Waals surface area contributed by atoms with Crippen LogP contribution in [-0.4, -0.2) is 4.98 Å². The van der Waals surface area contributed by atoms with Crippen molar-refractivity contribution in [1.29, 1.82) is 0 Å². The number of halogens is 1. The van der Waals surface area contributed by atoms with E-state index in [2.05, 4.69) is 23.2 Å². The second-order valence-corrected chi connectivity index (χ2v) is 6.27. The molecule has 96 valence electrons. The predicted molar refractivity (Wildman–Crippen MR) is 81.7 cm³/mol. The minimum absolute atomic E-state index is 0.0145. The van der Waals surface area contributed by atoms with Crippen LogP contribution < -0.4 is 5.73 Å². The first kappa shape index (κ1) is 12.6. The standard InChI is InChI=1S/C15H13ClN2S/c16-15-6-4-12(19-15)9-13(17)10-3-5-14-11(8-10)2-1-7-18-14/h1-8,13H,9,17H2. The third-order valence-electron chi connectivity index (χ3n) is 3.11. The lowest BCUT2D eigenvalue weighted by Crippen LogP contribution is -2.12. The number of thiophene rings is 1. The van der Waals surface area contributed by atoms with E-state index < -0.39 is 0 Å². The molecule has 1 atom stereocenters. The first-order chi connectivity index (χ1) is 9.22. The molecule has 4 heteroatoms. The fraction of sp³-hybridized carbons (Fsp3) is 0.133. The molecule has 19 heavy (non-hydrogen) atoms. The van der Waals surface area contributed by atoms with E-state index in [4.69, 9.17) is 17.3 Å². The van der Waals surface area contributed by atoms with Gasteiger partial charge in [0.05, 0.1) is 9.85 Å². The molecule has 0 saturated heterocycles. The third-order valence-corrected chi connectivity index (χ3v) is 4.36. The average Bonchev–Trinajstić information content (AvgIpc) is 2.83. The lowest BCUT2D eigenvalue weighted by molar-refractivity contribution is 0.731. The summed E-state index contributed by atoms with van der Waals surface area (Å²) in [6.45, 7) is 0. The highest BCUT2D eigenvalue weighted by molar-refractivity contribution is 7.16. The van der Waals surface area contributed by atoms with Gasteiger partial charge in [-0.25, -0.2) is 0 Å². The van der Waals surface area contributed by atoms with Crippen LogP contribution in [0.4, 0.5) is 0 Å². The van der Waals surface area contributed by atoms with Crippen molar-refractivity contribution in [3.05, 3.63) is 63.4 Å². The van der Waals surface area contributed by atoms with Crippen molar-refractivity contribution in [3.8, 4) is 0 Å². The van der Waals surface area contributed by atoms with E-state index in [1.165, 1.54) is 4.88 Å². The number of aromatic nitrogens is 1. The van der Waals surface area contributed by atoms with Crippen LogP contribution in [0, 0.1) is 0 Å². The van der Waals surface area contributed by atoms with Gasteiger partial charge in [0, 0.05) is 28.9 Å². The average molecular weight is 289 g/mol. The molecule has 0 amide bonds. The maximum atomic E-state index is 6.27. The molecule has 2 nitrogen and oxygen atoms in total. The highest BCUT2D eigenvalue weighted by atomic mass is 35.5. The van der Waals surface area contributed by atoms with Gasteiger partial charge in [-0.05, 0) is 35.9 Å². The summed E-state index contributed by atoms with van der Waals surface area (Å²) in [6, 6.07) is 14.1. The van der Waals surface area contributed by atoms with Gasteiger partial charge in [0.1, 0.15) is 0 Å². The molecule has 0 aliphatic carbocycles. The number of benzene rings is 1. The van der Waals surface area contributed by atoms with Gasteiger partial charge in [-0.3, -0.25) is 4.98 Å². The van der Waals surface area contributed by atoms with E-state index in [0.29, 0.717) is 0 Å². The molecule has 3 aromatic rings. The Kier molecular flexibility index (Phi) is 3.51.